The molecule has 2 aliphatic heterocycles. The molecule has 0 saturated carbocycles. The first-order valence-electron chi connectivity index (χ1n) is 14.6. The van der Waals surface area contributed by atoms with E-state index in [-0.39, 0.29) is 11.3 Å². The number of carbonyl (C=O) groups is 1. The highest BCUT2D eigenvalue weighted by atomic mass is 16.5. The van der Waals surface area contributed by atoms with Crippen molar-refractivity contribution in [2.24, 2.45) is 5.41 Å². The molecule has 1 aromatic carbocycles. The number of carbonyl (C=O) groups excluding carboxylic acids is 1. The van der Waals surface area contributed by atoms with Crippen molar-refractivity contribution >= 4 is 22.7 Å². The lowest BCUT2D eigenvalue weighted by atomic mass is 9.83. The minimum atomic E-state index is -0.913. The molecule has 40 heavy (non-hydrogen) atoms. The molecule has 2 N–H and O–H groups in total. The summed E-state index contributed by atoms with van der Waals surface area (Å²) in [6, 6.07) is 8.92. The van der Waals surface area contributed by atoms with Crippen LogP contribution in [0.1, 0.15) is 59.3 Å². The Morgan fingerprint density at radius 1 is 1.15 bits per heavy atom. The summed E-state index contributed by atoms with van der Waals surface area (Å²) in [5, 5.41) is 17.2. The number of nitrogens with one attached hydrogen (secondary N) is 2. The Labute approximate surface area is 237 Å². The lowest BCUT2D eigenvalue weighted by Crippen LogP contribution is -2.57. The molecule has 2 fully saturated rings. The smallest absolute Gasteiger partial charge is 0.408 e. The van der Waals surface area contributed by atoms with Crippen molar-refractivity contribution in [3.05, 3.63) is 34.8 Å². The fraction of sp³-hybridized carbons (Fsp3) is 0.667. The van der Waals surface area contributed by atoms with Gasteiger partial charge < -0.3 is 24.7 Å². The van der Waals surface area contributed by atoms with Gasteiger partial charge in [0.25, 0.3) is 0 Å². The average molecular weight is 553 g/mol. The third-order valence-electron chi connectivity index (χ3n) is 8.58. The number of benzene rings is 1. The Balaban J connectivity index is 1.41. The standard InChI is InChI=1S/C30H44N6O4/c1-4-29(2,3)11-10-24(32-26-23-8-5-6-9-25(23)40-28(38)33-26)27(37)34-30(22-31)12-16-35(17-13-30)14-7-15-36-18-20-39-21-19-36/h5-6,8-9,24H,4,7,10-21H2,1-3H3,(H,34,37)(H,32,33,38). The fourth-order valence-corrected chi connectivity index (χ4v) is 5.36. The van der Waals surface area contributed by atoms with E-state index in [2.05, 4.69) is 52.3 Å². The first-order valence-corrected chi connectivity index (χ1v) is 14.6. The lowest BCUT2D eigenvalue weighted by Gasteiger charge is -2.39. The molecule has 2 aliphatic rings. The van der Waals surface area contributed by atoms with Crippen LogP contribution in [0.4, 0.5) is 5.82 Å². The molecule has 10 heteroatoms. The second-order valence-electron chi connectivity index (χ2n) is 11.9. The van der Waals surface area contributed by atoms with E-state index >= 15 is 0 Å². The number of nitrogens with zero attached hydrogens (tertiary/aromatic N) is 4. The zero-order valence-electron chi connectivity index (χ0n) is 24.2. The van der Waals surface area contributed by atoms with E-state index in [4.69, 9.17) is 9.15 Å². The predicted octanol–water partition coefficient (Wildman–Crippen LogP) is 3.38. The van der Waals surface area contributed by atoms with E-state index in [0.29, 0.717) is 36.0 Å². The van der Waals surface area contributed by atoms with Crippen molar-refractivity contribution in [2.45, 2.75) is 70.9 Å². The van der Waals surface area contributed by atoms with E-state index < -0.39 is 17.3 Å². The van der Waals surface area contributed by atoms with E-state index in [0.717, 1.165) is 71.7 Å². The Bertz CT molecular complexity index is 1220. The number of hydrogen-bond acceptors (Lipinski definition) is 9. The third kappa shape index (κ3) is 8.03. The number of amides is 1. The maximum atomic E-state index is 13.8. The van der Waals surface area contributed by atoms with Crippen molar-refractivity contribution in [3.63, 3.8) is 0 Å². The van der Waals surface area contributed by atoms with Crippen LogP contribution in [0.3, 0.4) is 0 Å². The number of aromatic nitrogens is 1. The largest absolute Gasteiger partial charge is 0.441 e. The monoisotopic (exact) mass is 552 g/mol. The van der Waals surface area contributed by atoms with Gasteiger partial charge in [-0.1, -0.05) is 39.3 Å². The number of hydrogen-bond donors (Lipinski definition) is 2. The Hall–Kier alpha value is -3.00. The van der Waals surface area contributed by atoms with Crippen LogP contribution >= 0.6 is 0 Å². The van der Waals surface area contributed by atoms with Crippen LogP contribution in [0.15, 0.2) is 33.5 Å². The fourth-order valence-electron chi connectivity index (χ4n) is 5.36. The first kappa shape index (κ1) is 30.0. The number of anilines is 1. The van der Waals surface area contributed by atoms with Crippen molar-refractivity contribution in [1.29, 1.82) is 5.26 Å². The minimum absolute atomic E-state index is 0.0465. The van der Waals surface area contributed by atoms with Gasteiger partial charge in [0.2, 0.25) is 5.91 Å². The van der Waals surface area contributed by atoms with Crippen LogP contribution in [-0.2, 0) is 9.53 Å². The van der Waals surface area contributed by atoms with Gasteiger partial charge in [0, 0.05) is 26.2 Å². The number of rotatable bonds is 12. The molecular formula is C30H44N6O4. The topological polar surface area (TPSA) is 124 Å². The van der Waals surface area contributed by atoms with Gasteiger partial charge in [0.1, 0.15) is 23.0 Å². The van der Waals surface area contributed by atoms with E-state index in [1.54, 1.807) is 12.1 Å². The van der Waals surface area contributed by atoms with Gasteiger partial charge in [-0.15, -0.1) is 0 Å². The maximum Gasteiger partial charge on any atom is 0.441 e. The second kappa shape index (κ2) is 13.6. The maximum absolute atomic E-state index is 13.8. The summed E-state index contributed by atoms with van der Waals surface area (Å²) in [4.78, 5) is 34.8. The molecule has 218 valence electrons. The number of piperidine rings is 1. The Kier molecular flexibility index (Phi) is 10.2. The lowest BCUT2D eigenvalue weighted by molar-refractivity contribution is -0.124. The number of fused-ring (bicyclic) bond motifs is 1. The summed E-state index contributed by atoms with van der Waals surface area (Å²) in [6.45, 7) is 13.7. The summed E-state index contributed by atoms with van der Waals surface area (Å²) in [6.07, 6.45) is 4.55. The molecule has 0 bridgehead atoms. The zero-order chi connectivity index (χ0) is 28.6. The van der Waals surface area contributed by atoms with Gasteiger partial charge >= 0.3 is 5.76 Å². The minimum Gasteiger partial charge on any atom is -0.408 e. The summed E-state index contributed by atoms with van der Waals surface area (Å²) < 4.78 is 10.7. The van der Waals surface area contributed by atoms with Crippen LogP contribution in [-0.4, -0.2) is 84.8 Å². The highest BCUT2D eigenvalue weighted by molar-refractivity contribution is 5.91. The summed E-state index contributed by atoms with van der Waals surface area (Å²) in [5.74, 6) is -0.639. The molecule has 1 atom stereocenters. The molecule has 0 spiro atoms. The average Bonchev–Trinajstić information content (AvgIpc) is 2.96. The zero-order valence-corrected chi connectivity index (χ0v) is 24.2. The number of para-hydroxylation sites is 1. The quantitative estimate of drug-likeness (QED) is 0.408. The molecule has 1 unspecified atom stereocenters. The van der Waals surface area contributed by atoms with Crippen molar-refractivity contribution < 1.29 is 13.9 Å². The van der Waals surface area contributed by atoms with Crippen LogP contribution in [0, 0.1) is 16.7 Å². The van der Waals surface area contributed by atoms with Crippen LogP contribution in [0.2, 0.25) is 0 Å². The second-order valence-corrected chi connectivity index (χ2v) is 11.9. The van der Waals surface area contributed by atoms with E-state index in [1.165, 1.54) is 0 Å². The third-order valence-corrected chi connectivity index (χ3v) is 8.58. The molecule has 0 radical (unpaired) electrons. The molecule has 2 saturated heterocycles. The number of nitriles is 1. The van der Waals surface area contributed by atoms with E-state index in [1.807, 2.05) is 12.1 Å². The highest BCUT2D eigenvalue weighted by Crippen LogP contribution is 2.29. The molecule has 2 aromatic rings. The van der Waals surface area contributed by atoms with Gasteiger partial charge in [0.05, 0.1) is 24.7 Å². The number of likely N-dealkylation sites (tertiary alicyclic amines) is 1. The molecule has 3 heterocycles. The Morgan fingerprint density at radius 3 is 2.50 bits per heavy atom. The van der Waals surface area contributed by atoms with Crippen molar-refractivity contribution in [1.82, 2.24) is 20.1 Å². The normalized spacial score (nSPS) is 19.1. The molecule has 10 nitrogen and oxygen atoms in total. The first-order chi connectivity index (χ1) is 19.2. The number of ether oxygens (including phenoxy) is 1. The van der Waals surface area contributed by atoms with Gasteiger partial charge in [-0.3, -0.25) is 9.69 Å². The molecular weight excluding hydrogens is 508 g/mol. The number of morpholine rings is 1. The highest BCUT2D eigenvalue weighted by Gasteiger charge is 2.38. The van der Waals surface area contributed by atoms with Gasteiger partial charge in [-0.2, -0.15) is 10.2 Å². The van der Waals surface area contributed by atoms with Crippen LogP contribution in [0.25, 0.3) is 11.0 Å². The summed E-state index contributed by atoms with van der Waals surface area (Å²) >= 11 is 0. The van der Waals surface area contributed by atoms with Crippen LogP contribution in [0.5, 0.6) is 0 Å². The van der Waals surface area contributed by atoms with Gasteiger partial charge in [-0.05, 0) is 62.7 Å². The predicted molar refractivity (Wildman–Crippen MR) is 155 cm³/mol. The summed E-state index contributed by atoms with van der Waals surface area (Å²) in [7, 11) is 0. The van der Waals surface area contributed by atoms with Crippen molar-refractivity contribution in [3.8, 4) is 6.07 Å². The van der Waals surface area contributed by atoms with Crippen molar-refractivity contribution in [2.75, 3.05) is 57.8 Å². The molecule has 4 rings (SSSR count). The Morgan fingerprint density at radius 2 is 1.82 bits per heavy atom. The van der Waals surface area contributed by atoms with Crippen LogP contribution < -0.4 is 16.4 Å². The van der Waals surface area contributed by atoms with E-state index in [9.17, 15) is 14.9 Å². The molecule has 1 aromatic heterocycles. The SMILES string of the molecule is CCC(C)(C)CCC(Nc1nc(=O)oc2ccccc12)C(=O)NC1(C#N)CCN(CCCN2CCOCC2)CC1. The molecule has 1 amide bonds. The van der Waals surface area contributed by atoms with Gasteiger partial charge in [-0.25, -0.2) is 4.79 Å². The molecule has 0 aliphatic carbocycles. The summed E-state index contributed by atoms with van der Waals surface area (Å²) in [5.41, 5.74) is -0.457. The van der Waals surface area contributed by atoms with Gasteiger partial charge in [0.15, 0.2) is 0 Å².